The zero-order chi connectivity index (χ0) is 16.7. The molecule has 122 valence electrons. The summed E-state index contributed by atoms with van der Waals surface area (Å²) >= 11 is 0. The Balaban J connectivity index is 1.92. The van der Waals surface area contributed by atoms with E-state index in [1.165, 1.54) is 11.1 Å². The van der Waals surface area contributed by atoms with Gasteiger partial charge < -0.3 is 16.8 Å². The van der Waals surface area contributed by atoms with Crippen molar-refractivity contribution < 1.29 is 0 Å². The first-order chi connectivity index (χ1) is 11.0. The van der Waals surface area contributed by atoms with Crippen LogP contribution in [0.15, 0.2) is 59.6 Å². The summed E-state index contributed by atoms with van der Waals surface area (Å²) in [5, 5.41) is 3.55. The fourth-order valence-corrected chi connectivity index (χ4v) is 2.53. The van der Waals surface area contributed by atoms with E-state index in [4.69, 9.17) is 11.5 Å². The largest absolute Gasteiger partial charge is 0.370 e. The summed E-state index contributed by atoms with van der Waals surface area (Å²) in [6.07, 6.45) is 1.03. The lowest BCUT2D eigenvalue weighted by Gasteiger charge is -2.26. The molecule has 0 amide bonds. The van der Waals surface area contributed by atoms with E-state index in [0.29, 0.717) is 0 Å². The lowest BCUT2D eigenvalue weighted by Crippen LogP contribution is -2.34. The van der Waals surface area contributed by atoms with Gasteiger partial charge in [0.15, 0.2) is 5.96 Å². The fraction of sp³-hybridized carbons (Fsp3) is 0.316. The molecule has 0 saturated heterocycles. The highest BCUT2D eigenvalue weighted by Gasteiger charge is 2.20. The van der Waals surface area contributed by atoms with Gasteiger partial charge in [0, 0.05) is 12.0 Å². The lowest BCUT2D eigenvalue weighted by molar-refractivity contribution is 0.471. The predicted molar refractivity (Wildman–Crippen MR) is 98.0 cm³/mol. The molecule has 0 aliphatic heterocycles. The molecule has 5 N–H and O–H groups in total. The molecule has 2 aromatic carbocycles. The van der Waals surface area contributed by atoms with Crippen LogP contribution in [-0.2, 0) is 11.8 Å². The highest BCUT2D eigenvalue weighted by molar-refractivity contribution is 5.79. The van der Waals surface area contributed by atoms with Crippen LogP contribution in [0.2, 0.25) is 0 Å². The molecule has 0 radical (unpaired) electrons. The van der Waals surface area contributed by atoms with Crippen molar-refractivity contribution in [3.8, 4) is 0 Å². The van der Waals surface area contributed by atoms with E-state index < -0.39 is 0 Å². The first-order valence-corrected chi connectivity index (χ1v) is 7.92. The van der Waals surface area contributed by atoms with Crippen molar-refractivity contribution in [1.82, 2.24) is 5.32 Å². The van der Waals surface area contributed by atoms with E-state index in [2.05, 4.69) is 54.5 Å². The Morgan fingerprint density at radius 2 is 1.78 bits per heavy atom. The maximum Gasteiger partial charge on any atom is 0.191 e. The Morgan fingerprint density at radius 1 is 1.04 bits per heavy atom. The smallest absolute Gasteiger partial charge is 0.191 e. The Hall–Kier alpha value is -2.33. The summed E-state index contributed by atoms with van der Waals surface area (Å²) in [5.74, 6) is 0.0842. The monoisotopic (exact) mass is 310 g/mol. The van der Waals surface area contributed by atoms with Crippen LogP contribution >= 0.6 is 0 Å². The molecular weight excluding hydrogens is 284 g/mol. The second-order valence-corrected chi connectivity index (χ2v) is 6.38. The molecule has 23 heavy (non-hydrogen) atoms. The Bertz CT molecular complexity index is 643. The average molecular weight is 310 g/mol. The van der Waals surface area contributed by atoms with E-state index in [1.54, 1.807) is 0 Å². The number of aliphatic imine (C=N–C) groups is 1. The summed E-state index contributed by atoms with van der Waals surface area (Å²) < 4.78 is 0. The maximum atomic E-state index is 5.45. The van der Waals surface area contributed by atoms with E-state index in [-0.39, 0.29) is 11.4 Å². The molecule has 0 atom stereocenters. The van der Waals surface area contributed by atoms with Crippen molar-refractivity contribution in [3.63, 3.8) is 0 Å². The molecular formula is C19H26N4. The number of hydrogen-bond donors (Lipinski definition) is 3. The maximum absolute atomic E-state index is 5.45. The standard InChI is InChI=1S/C19H26N4/c1-19(2,14-22-12-11-15-7-4-3-5-8-15)16-9-6-10-17(13-16)23-18(20)21/h3-10,13,22H,11-12,14H2,1-2H3,(H4,20,21,23). The number of hydrogen-bond acceptors (Lipinski definition) is 2. The summed E-state index contributed by atoms with van der Waals surface area (Å²) in [4.78, 5) is 4.12. The molecule has 2 rings (SSSR count). The van der Waals surface area contributed by atoms with Gasteiger partial charge in [0.05, 0.1) is 5.69 Å². The average Bonchev–Trinajstić information content (AvgIpc) is 2.52. The summed E-state index contributed by atoms with van der Waals surface area (Å²) in [7, 11) is 0. The normalized spacial score (nSPS) is 11.2. The van der Waals surface area contributed by atoms with Crippen molar-refractivity contribution >= 4 is 11.6 Å². The zero-order valence-electron chi connectivity index (χ0n) is 13.9. The molecule has 0 aliphatic rings. The minimum atomic E-state index is 0.00553. The van der Waals surface area contributed by atoms with Gasteiger partial charge in [-0.3, -0.25) is 0 Å². The third kappa shape index (κ3) is 5.42. The fourth-order valence-electron chi connectivity index (χ4n) is 2.53. The molecule has 0 saturated carbocycles. The van der Waals surface area contributed by atoms with Gasteiger partial charge in [-0.1, -0.05) is 56.3 Å². The van der Waals surface area contributed by atoms with Gasteiger partial charge in [0.1, 0.15) is 0 Å². The molecule has 0 bridgehead atoms. The molecule has 0 unspecified atom stereocenters. The number of rotatable bonds is 7. The molecule has 2 aromatic rings. The van der Waals surface area contributed by atoms with Gasteiger partial charge in [0.25, 0.3) is 0 Å². The third-order valence-electron chi connectivity index (χ3n) is 3.89. The van der Waals surface area contributed by atoms with Crippen molar-refractivity contribution in [1.29, 1.82) is 0 Å². The van der Waals surface area contributed by atoms with Gasteiger partial charge >= 0.3 is 0 Å². The van der Waals surface area contributed by atoms with E-state index in [9.17, 15) is 0 Å². The van der Waals surface area contributed by atoms with Gasteiger partial charge in [-0.15, -0.1) is 0 Å². The lowest BCUT2D eigenvalue weighted by atomic mass is 9.84. The van der Waals surface area contributed by atoms with Gasteiger partial charge in [-0.05, 0) is 36.2 Å². The van der Waals surface area contributed by atoms with Crippen molar-refractivity contribution in [3.05, 3.63) is 65.7 Å². The number of nitrogens with two attached hydrogens (primary N) is 2. The number of guanidine groups is 1. The summed E-state index contributed by atoms with van der Waals surface area (Å²) in [6, 6.07) is 18.6. The van der Waals surface area contributed by atoms with Crippen LogP contribution in [-0.4, -0.2) is 19.0 Å². The van der Waals surface area contributed by atoms with Crippen LogP contribution in [0.1, 0.15) is 25.0 Å². The number of benzene rings is 2. The SMILES string of the molecule is CC(C)(CNCCc1ccccc1)c1cccc(N=C(N)N)c1. The Labute approximate surface area is 138 Å². The first kappa shape index (κ1) is 17.0. The number of nitrogens with one attached hydrogen (secondary N) is 1. The van der Waals surface area contributed by atoms with E-state index in [0.717, 1.165) is 25.2 Å². The molecule has 0 heterocycles. The topological polar surface area (TPSA) is 76.4 Å². The molecule has 0 spiro atoms. The Morgan fingerprint density at radius 3 is 2.48 bits per heavy atom. The quantitative estimate of drug-likeness (QED) is 0.418. The van der Waals surface area contributed by atoms with Crippen LogP contribution < -0.4 is 16.8 Å². The van der Waals surface area contributed by atoms with E-state index in [1.807, 2.05) is 24.3 Å². The second kappa shape index (κ2) is 7.79. The minimum absolute atomic E-state index is 0.00553. The van der Waals surface area contributed by atoms with Crippen molar-refractivity contribution in [2.45, 2.75) is 25.7 Å². The summed E-state index contributed by atoms with van der Waals surface area (Å²) in [6.45, 7) is 6.29. The molecule has 4 nitrogen and oxygen atoms in total. The van der Waals surface area contributed by atoms with Crippen LogP contribution in [0.25, 0.3) is 0 Å². The predicted octanol–water partition coefficient (Wildman–Crippen LogP) is 2.70. The van der Waals surface area contributed by atoms with Gasteiger partial charge in [-0.25, -0.2) is 4.99 Å². The van der Waals surface area contributed by atoms with Gasteiger partial charge in [0.2, 0.25) is 0 Å². The second-order valence-electron chi connectivity index (χ2n) is 6.38. The molecule has 0 fully saturated rings. The van der Waals surface area contributed by atoms with Crippen LogP contribution in [0, 0.1) is 0 Å². The highest BCUT2D eigenvalue weighted by Crippen LogP contribution is 2.26. The van der Waals surface area contributed by atoms with Crippen LogP contribution in [0.5, 0.6) is 0 Å². The first-order valence-electron chi connectivity index (χ1n) is 7.92. The molecule has 0 aliphatic carbocycles. The summed E-state index contributed by atoms with van der Waals surface area (Å²) in [5.41, 5.74) is 14.3. The van der Waals surface area contributed by atoms with Crippen molar-refractivity contribution in [2.75, 3.05) is 13.1 Å². The zero-order valence-corrected chi connectivity index (χ0v) is 13.9. The number of nitrogens with zero attached hydrogens (tertiary/aromatic N) is 1. The highest BCUT2D eigenvalue weighted by atomic mass is 15.0. The molecule has 4 heteroatoms. The minimum Gasteiger partial charge on any atom is -0.370 e. The van der Waals surface area contributed by atoms with Crippen molar-refractivity contribution in [2.24, 2.45) is 16.5 Å². The van der Waals surface area contributed by atoms with Crippen LogP contribution in [0.4, 0.5) is 5.69 Å². The third-order valence-corrected chi connectivity index (χ3v) is 3.89. The molecule has 0 aromatic heterocycles. The van der Waals surface area contributed by atoms with E-state index >= 15 is 0 Å². The Kier molecular flexibility index (Phi) is 5.77. The van der Waals surface area contributed by atoms with Gasteiger partial charge in [-0.2, -0.15) is 0 Å². The van der Waals surface area contributed by atoms with Crippen LogP contribution in [0.3, 0.4) is 0 Å².